The summed E-state index contributed by atoms with van der Waals surface area (Å²) in [6.45, 7) is 0.736. The molecule has 1 aliphatic heterocycles. The van der Waals surface area contributed by atoms with E-state index < -0.39 is 0 Å². The van der Waals surface area contributed by atoms with E-state index in [0.29, 0.717) is 5.76 Å². The summed E-state index contributed by atoms with van der Waals surface area (Å²) < 4.78 is 5.17. The largest absolute Gasteiger partial charge is 0.465 e. The van der Waals surface area contributed by atoms with E-state index in [1.54, 1.807) is 35.6 Å². The maximum atomic E-state index is 12.2. The zero-order valence-corrected chi connectivity index (χ0v) is 10.5. The number of nitrogens with zero attached hydrogens (tertiary/aromatic N) is 2. The fourth-order valence-electron chi connectivity index (χ4n) is 2.25. The van der Waals surface area contributed by atoms with Gasteiger partial charge in [0.2, 0.25) is 0 Å². The van der Waals surface area contributed by atoms with Gasteiger partial charge in [0, 0.05) is 18.8 Å². The minimum atomic E-state index is -0.0367. The summed E-state index contributed by atoms with van der Waals surface area (Å²) in [7, 11) is 0. The number of rotatable bonds is 2. The van der Waals surface area contributed by atoms with Crippen molar-refractivity contribution >= 4 is 17.7 Å². The Labute approximate surface area is 111 Å². The summed E-state index contributed by atoms with van der Waals surface area (Å²) in [5.74, 6) is 0.641. The molecular weight excluding hydrogens is 240 g/mol. The van der Waals surface area contributed by atoms with Gasteiger partial charge < -0.3 is 9.32 Å². The lowest BCUT2D eigenvalue weighted by Gasteiger charge is -2.27. The van der Waals surface area contributed by atoms with Gasteiger partial charge in [0.15, 0.2) is 0 Å². The average Bonchev–Trinajstić information content (AvgIpc) is 2.97. The van der Waals surface area contributed by atoms with Crippen molar-refractivity contribution in [2.75, 3.05) is 11.4 Å². The van der Waals surface area contributed by atoms with Crippen LogP contribution in [0.25, 0.3) is 6.08 Å². The molecule has 0 atom stereocenters. The van der Waals surface area contributed by atoms with E-state index in [2.05, 4.69) is 4.98 Å². The summed E-state index contributed by atoms with van der Waals surface area (Å²) >= 11 is 0. The lowest BCUT2D eigenvalue weighted by atomic mass is 10.1. The Hall–Kier alpha value is -2.36. The van der Waals surface area contributed by atoms with Crippen LogP contribution in [0.5, 0.6) is 0 Å². The molecule has 0 bridgehead atoms. The Morgan fingerprint density at radius 2 is 2.32 bits per heavy atom. The first-order valence-corrected chi connectivity index (χ1v) is 6.31. The molecule has 0 aromatic carbocycles. The van der Waals surface area contributed by atoms with Gasteiger partial charge in [-0.25, -0.2) is 0 Å². The molecular formula is C15H14N2O2. The lowest BCUT2D eigenvalue weighted by Crippen LogP contribution is -2.34. The van der Waals surface area contributed by atoms with E-state index in [1.165, 1.54) is 0 Å². The number of aryl methyl sites for hydroxylation is 1. The molecule has 1 amide bonds. The highest BCUT2D eigenvalue weighted by Gasteiger charge is 2.21. The van der Waals surface area contributed by atoms with Crippen molar-refractivity contribution < 1.29 is 9.21 Å². The minimum Gasteiger partial charge on any atom is -0.465 e. The summed E-state index contributed by atoms with van der Waals surface area (Å²) in [6, 6.07) is 7.42. The van der Waals surface area contributed by atoms with Crippen LogP contribution in [0.3, 0.4) is 0 Å². The van der Waals surface area contributed by atoms with Gasteiger partial charge in [-0.2, -0.15) is 0 Å². The van der Waals surface area contributed by atoms with Crippen LogP contribution in [0.4, 0.5) is 5.69 Å². The summed E-state index contributed by atoms with van der Waals surface area (Å²) in [4.78, 5) is 18.3. The van der Waals surface area contributed by atoms with E-state index in [1.807, 2.05) is 18.2 Å². The third-order valence-electron chi connectivity index (χ3n) is 3.15. The summed E-state index contributed by atoms with van der Waals surface area (Å²) in [6.07, 6.45) is 8.47. The van der Waals surface area contributed by atoms with Gasteiger partial charge in [0.25, 0.3) is 5.91 Å². The number of fused-ring (bicyclic) bond motifs is 1. The monoisotopic (exact) mass is 254 g/mol. The molecule has 0 aliphatic carbocycles. The molecule has 2 aromatic rings. The topological polar surface area (TPSA) is 46.3 Å². The predicted molar refractivity (Wildman–Crippen MR) is 72.7 cm³/mol. The zero-order chi connectivity index (χ0) is 13.1. The number of aromatic nitrogens is 1. The Morgan fingerprint density at radius 1 is 1.37 bits per heavy atom. The molecule has 3 heterocycles. The zero-order valence-electron chi connectivity index (χ0n) is 10.5. The second-order valence-corrected chi connectivity index (χ2v) is 4.41. The first kappa shape index (κ1) is 11.7. The maximum Gasteiger partial charge on any atom is 0.251 e. The van der Waals surface area contributed by atoms with Crippen LogP contribution in [0, 0.1) is 0 Å². The molecule has 0 spiro atoms. The molecule has 0 unspecified atom stereocenters. The quantitative estimate of drug-likeness (QED) is 0.774. The molecule has 0 fully saturated rings. The van der Waals surface area contributed by atoms with Crippen molar-refractivity contribution in [1.82, 2.24) is 4.98 Å². The number of pyridine rings is 1. The molecule has 3 rings (SSSR count). The first-order chi connectivity index (χ1) is 9.34. The third kappa shape index (κ3) is 2.42. The fourth-order valence-corrected chi connectivity index (χ4v) is 2.25. The fraction of sp³-hybridized carbons (Fsp3) is 0.200. The van der Waals surface area contributed by atoms with E-state index in [0.717, 1.165) is 30.8 Å². The van der Waals surface area contributed by atoms with Crippen LogP contribution in [-0.4, -0.2) is 17.4 Å². The second kappa shape index (κ2) is 5.10. The van der Waals surface area contributed by atoms with Crippen LogP contribution >= 0.6 is 0 Å². The normalized spacial score (nSPS) is 14.6. The van der Waals surface area contributed by atoms with Crippen LogP contribution in [0.1, 0.15) is 17.9 Å². The van der Waals surface area contributed by atoms with Crippen molar-refractivity contribution in [2.24, 2.45) is 0 Å². The number of carbonyl (C=O) groups is 1. The number of amides is 1. The molecule has 0 N–H and O–H groups in total. The average molecular weight is 254 g/mol. The van der Waals surface area contributed by atoms with E-state index >= 15 is 0 Å². The maximum absolute atomic E-state index is 12.2. The number of anilines is 1. The number of carbonyl (C=O) groups excluding carboxylic acids is 1. The second-order valence-electron chi connectivity index (χ2n) is 4.41. The summed E-state index contributed by atoms with van der Waals surface area (Å²) in [5.41, 5.74) is 1.91. The Bertz CT molecular complexity index is 602. The van der Waals surface area contributed by atoms with Crippen molar-refractivity contribution in [3.05, 3.63) is 54.3 Å². The van der Waals surface area contributed by atoms with Gasteiger partial charge in [-0.05, 0) is 43.2 Å². The van der Waals surface area contributed by atoms with Crippen LogP contribution in [0.15, 0.2) is 47.2 Å². The molecule has 19 heavy (non-hydrogen) atoms. The molecule has 1 aliphatic rings. The van der Waals surface area contributed by atoms with Gasteiger partial charge in [-0.3, -0.25) is 9.78 Å². The number of furan rings is 1. The number of hydrogen-bond acceptors (Lipinski definition) is 3. The molecule has 96 valence electrons. The van der Waals surface area contributed by atoms with Crippen LogP contribution in [0.2, 0.25) is 0 Å². The highest BCUT2D eigenvalue weighted by Crippen LogP contribution is 2.25. The van der Waals surface area contributed by atoms with Crippen molar-refractivity contribution in [3.8, 4) is 0 Å². The summed E-state index contributed by atoms with van der Waals surface area (Å²) in [5, 5.41) is 0. The minimum absolute atomic E-state index is 0.0367. The number of hydrogen-bond donors (Lipinski definition) is 0. The van der Waals surface area contributed by atoms with E-state index in [4.69, 9.17) is 4.42 Å². The van der Waals surface area contributed by atoms with Gasteiger partial charge in [-0.1, -0.05) is 0 Å². The molecule has 2 aromatic heterocycles. The molecule has 0 saturated carbocycles. The SMILES string of the molecule is O=C(/C=C/c1ccco1)N1CCCc2ncccc21. The molecule has 0 saturated heterocycles. The van der Waals surface area contributed by atoms with Gasteiger partial charge in [0.05, 0.1) is 17.6 Å². The Balaban J connectivity index is 1.81. The molecule has 4 nitrogen and oxygen atoms in total. The van der Waals surface area contributed by atoms with Gasteiger partial charge >= 0.3 is 0 Å². The van der Waals surface area contributed by atoms with E-state index in [9.17, 15) is 4.79 Å². The smallest absolute Gasteiger partial charge is 0.251 e. The third-order valence-corrected chi connectivity index (χ3v) is 3.15. The first-order valence-electron chi connectivity index (χ1n) is 6.31. The van der Waals surface area contributed by atoms with Crippen molar-refractivity contribution in [2.45, 2.75) is 12.8 Å². The van der Waals surface area contributed by atoms with Crippen LogP contribution < -0.4 is 4.90 Å². The Morgan fingerprint density at radius 3 is 3.16 bits per heavy atom. The Kier molecular flexibility index (Phi) is 3.14. The van der Waals surface area contributed by atoms with Crippen LogP contribution in [-0.2, 0) is 11.2 Å². The highest BCUT2D eigenvalue weighted by atomic mass is 16.3. The van der Waals surface area contributed by atoms with Crippen molar-refractivity contribution in [3.63, 3.8) is 0 Å². The lowest BCUT2D eigenvalue weighted by molar-refractivity contribution is -0.114. The van der Waals surface area contributed by atoms with E-state index in [-0.39, 0.29) is 5.91 Å². The highest BCUT2D eigenvalue weighted by molar-refractivity contribution is 6.04. The van der Waals surface area contributed by atoms with Gasteiger partial charge in [0.1, 0.15) is 5.76 Å². The standard InChI is InChI=1S/C15H14N2O2/c18-15(8-7-12-4-3-11-19-12)17-10-2-5-13-14(17)6-1-9-16-13/h1,3-4,6-9,11H,2,5,10H2/b8-7+. The molecule has 0 radical (unpaired) electrons. The van der Waals surface area contributed by atoms with Crippen molar-refractivity contribution in [1.29, 1.82) is 0 Å². The predicted octanol–water partition coefficient (Wildman–Crippen LogP) is 2.67. The van der Waals surface area contributed by atoms with Gasteiger partial charge in [-0.15, -0.1) is 0 Å². The molecule has 4 heteroatoms.